The molecule has 2 rings (SSSR count). The van der Waals surface area contributed by atoms with Crippen molar-refractivity contribution >= 4 is 17.3 Å². The molecular weight excluding hydrogens is 267 g/mol. The molecule has 1 fully saturated rings. The zero-order valence-electron chi connectivity index (χ0n) is 10.9. The minimum atomic E-state index is -1.37. The van der Waals surface area contributed by atoms with Gasteiger partial charge in [-0.3, -0.25) is 0 Å². The van der Waals surface area contributed by atoms with Gasteiger partial charge in [-0.1, -0.05) is 0 Å². The van der Waals surface area contributed by atoms with E-state index < -0.39 is 22.9 Å². The number of hydrogen-bond acceptors (Lipinski definition) is 5. The predicted molar refractivity (Wildman–Crippen MR) is 71.3 cm³/mol. The summed E-state index contributed by atoms with van der Waals surface area (Å²) in [5, 5.41) is 21.4. The lowest BCUT2D eigenvalue weighted by Crippen LogP contribution is -2.47. The van der Waals surface area contributed by atoms with Gasteiger partial charge >= 0.3 is 5.97 Å². The maximum atomic E-state index is 13.7. The molecule has 1 aliphatic rings. The number of nitrogens with two attached hydrogens (primary N) is 1. The molecular formula is C13H17FN2O4. The lowest BCUT2D eigenvalue weighted by atomic mass is 9.90. The summed E-state index contributed by atoms with van der Waals surface area (Å²) in [5.41, 5.74) is 5.07. The summed E-state index contributed by atoms with van der Waals surface area (Å²) in [6.45, 7) is 0.838. The second kappa shape index (κ2) is 5.64. The van der Waals surface area contributed by atoms with Crippen LogP contribution in [0.2, 0.25) is 0 Å². The van der Waals surface area contributed by atoms with E-state index in [0.717, 1.165) is 12.1 Å². The minimum Gasteiger partial charge on any atom is -0.478 e. The first kappa shape index (κ1) is 14.5. The first-order valence-electron chi connectivity index (χ1n) is 6.26. The van der Waals surface area contributed by atoms with Gasteiger partial charge in [-0.15, -0.1) is 0 Å². The van der Waals surface area contributed by atoms with Gasteiger partial charge in [-0.2, -0.15) is 0 Å². The number of aliphatic hydroxyl groups excluding tert-OH is 1. The van der Waals surface area contributed by atoms with E-state index in [1.165, 1.54) is 0 Å². The molecule has 6 nitrogen and oxygen atoms in total. The summed E-state index contributed by atoms with van der Waals surface area (Å²) in [6.07, 6.45) is 1.12. The third-order valence-electron chi connectivity index (χ3n) is 3.52. The number of aromatic carboxylic acids is 1. The Balaban J connectivity index is 2.29. The molecule has 0 unspecified atom stereocenters. The Hall–Kier alpha value is -1.86. The fraction of sp³-hybridized carbons (Fsp3) is 0.462. The molecule has 0 atom stereocenters. The highest BCUT2D eigenvalue weighted by atomic mass is 19.1. The number of nitrogen functional groups attached to an aromatic ring is 1. The lowest BCUT2D eigenvalue weighted by molar-refractivity contribution is 0.0380. The highest BCUT2D eigenvalue weighted by Crippen LogP contribution is 2.30. The highest BCUT2D eigenvalue weighted by molar-refractivity contribution is 5.90. The number of carbonyl (C=O) groups is 1. The summed E-state index contributed by atoms with van der Waals surface area (Å²) in [4.78, 5) is 10.8. The molecule has 0 aromatic heterocycles. The molecule has 1 aliphatic heterocycles. The number of carboxylic acid groups (broad SMARTS) is 1. The second-order valence-corrected chi connectivity index (χ2v) is 4.90. The zero-order valence-corrected chi connectivity index (χ0v) is 10.9. The van der Waals surface area contributed by atoms with E-state index in [1.54, 1.807) is 0 Å². The molecule has 0 aliphatic carbocycles. The molecule has 0 bridgehead atoms. The van der Waals surface area contributed by atoms with Crippen LogP contribution in [-0.4, -0.2) is 41.5 Å². The van der Waals surface area contributed by atoms with Crippen LogP contribution in [-0.2, 0) is 4.74 Å². The largest absolute Gasteiger partial charge is 0.478 e. The SMILES string of the molecule is Nc1cc(C(=O)O)c(F)cc1NC1(CO)CCOCC1. The molecule has 7 heteroatoms. The van der Waals surface area contributed by atoms with Gasteiger partial charge in [0.25, 0.3) is 0 Å². The number of halogens is 1. The summed E-state index contributed by atoms with van der Waals surface area (Å²) >= 11 is 0. The average molecular weight is 284 g/mol. The fourth-order valence-corrected chi connectivity index (χ4v) is 2.23. The molecule has 1 aromatic rings. The van der Waals surface area contributed by atoms with Crippen LogP contribution in [0, 0.1) is 5.82 Å². The van der Waals surface area contributed by atoms with Crippen LogP contribution in [0.25, 0.3) is 0 Å². The molecule has 110 valence electrons. The van der Waals surface area contributed by atoms with Crippen molar-refractivity contribution in [3.8, 4) is 0 Å². The molecule has 1 heterocycles. The molecule has 0 amide bonds. The van der Waals surface area contributed by atoms with E-state index in [2.05, 4.69) is 5.32 Å². The van der Waals surface area contributed by atoms with Crippen molar-refractivity contribution in [3.05, 3.63) is 23.5 Å². The normalized spacial score (nSPS) is 17.7. The zero-order chi connectivity index (χ0) is 14.8. The fourth-order valence-electron chi connectivity index (χ4n) is 2.23. The lowest BCUT2D eigenvalue weighted by Gasteiger charge is -2.37. The molecule has 0 spiro atoms. The monoisotopic (exact) mass is 284 g/mol. The van der Waals surface area contributed by atoms with Crippen molar-refractivity contribution in [2.75, 3.05) is 30.9 Å². The van der Waals surface area contributed by atoms with E-state index >= 15 is 0 Å². The van der Waals surface area contributed by atoms with Gasteiger partial charge in [-0.25, -0.2) is 9.18 Å². The van der Waals surface area contributed by atoms with E-state index in [9.17, 15) is 14.3 Å². The van der Waals surface area contributed by atoms with Gasteiger partial charge < -0.3 is 26.0 Å². The Morgan fingerprint density at radius 3 is 2.65 bits per heavy atom. The maximum absolute atomic E-state index is 13.7. The summed E-state index contributed by atoms with van der Waals surface area (Å²) < 4.78 is 18.9. The van der Waals surface area contributed by atoms with Gasteiger partial charge in [0.15, 0.2) is 0 Å². The van der Waals surface area contributed by atoms with E-state index in [4.69, 9.17) is 15.6 Å². The molecule has 20 heavy (non-hydrogen) atoms. The summed E-state index contributed by atoms with van der Waals surface area (Å²) in [5.74, 6) is -2.24. The van der Waals surface area contributed by atoms with Crippen LogP contribution in [0.4, 0.5) is 15.8 Å². The number of carboxylic acids is 1. The average Bonchev–Trinajstić information content (AvgIpc) is 2.43. The maximum Gasteiger partial charge on any atom is 0.338 e. The van der Waals surface area contributed by atoms with Crippen molar-refractivity contribution < 1.29 is 24.1 Å². The van der Waals surface area contributed by atoms with E-state index in [1.807, 2.05) is 0 Å². The quantitative estimate of drug-likeness (QED) is 0.616. The number of ether oxygens (including phenoxy) is 1. The number of benzene rings is 1. The van der Waals surface area contributed by atoms with Gasteiger partial charge in [0.05, 0.1) is 29.1 Å². The van der Waals surface area contributed by atoms with Crippen molar-refractivity contribution in [2.24, 2.45) is 0 Å². The number of rotatable bonds is 4. The molecule has 0 saturated carbocycles. The van der Waals surface area contributed by atoms with Gasteiger partial charge in [0.2, 0.25) is 0 Å². The third-order valence-corrected chi connectivity index (χ3v) is 3.52. The van der Waals surface area contributed by atoms with E-state index in [-0.39, 0.29) is 18.0 Å². The van der Waals surface area contributed by atoms with Crippen molar-refractivity contribution in [3.63, 3.8) is 0 Å². The van der Waals surface area contributed by atoms with Crippen LogP contribution in [0.5, 0.6) is 0 Å². The summed E-state index contributed by atoms with van der Waals surface area (Å²) in [7, 11) is 0. The molecule has 1 aromatic carbocycles. The van der Waals surface area contributed by atoms with E-state index in [0.29, 0.717) is 26.1 Å². The molecule has 1 saturated heterocycles. The predicted octanol–water partition coefficient (Wildman–Crippen LogP) is 1.06. The van der Waals surface area contributed by atoms with Gasteiger partial charge in [0.1, 0.15) is 5.82 Å². The standard InChI is InChI=1S/C13H17FN2O4/c14-9-6-11(10(15)5-8(9)12(18)19)16-13(7-17)1-3-20-4-2-13/h5-6,16-17H,1-4,7,15H2,(H,18,19). The molecule has 5 N–H and O–H groups in total. The van der Waals surface area contributed by atoms with Crippen molar-refractivity contribution in [1.82, 2.24) is 0 Å². The Labute approximate surface area is 115 Å². The van der Waals surface area contributed by atoms with Crippen LogP contribution in [0.3, 0.4) is 0 Å². The second-order valence-electron chi connectivity index (χ2n) is 4.90. The minimum absolute atomic E-state index is 0.128. The van der Waals surface area contributed by atoms with Gasteiger partial charge in [0, 0.05) is 13.2 Å². The Morgan fingerprint density at radius 1 is 1.45 bits per heavy atom. The van der Waals surface area contributed by atoms with Crippen molar-refractivity contribution in [1.29, 1.82) is 0 Å². The Morgan fingerprint density at radius 2 is 2.10 bits per heavy atom. The van der Waals surface area contributed by atoms with Crippen LogP contribution in [0.15, 0.2) is 12.1 Å². The number of nitrogens with one attached hydrogen (secondary N) is 1. The third kappa shape index (κ3) is 2.83. The van der Waals surface area contributed by atoms with Crippen molar-refractivity contribution in [2.45, 2.75) is 18.4 Å². The Kier molecular flexibility index (Phi) is 4.10. The van der Waals surface area contributed by atoms with Crippen LogP contribution in [0.1, 0.15) is 23.2 Å². The number of aliphatic hydroxyl groups is 1. The van der Waals surface area contributed by atoms with Gasteiger partial charge in [-0.05, 0) is 25.0 Å². The Bertz CT molecular complexity index is 515. The van der Waals surface area contributed by atoms with Crippen LogP contribution < -0.4 is 11.1 Å². The highest BCUT2D eigenvalue weighted by Gasteiger charge is 2.32. The topological polar surface area (TPSA) is 105 Å². The first-order chi connectivity index (χ1) is 9.47. The van der Waals surface area contributed by atoms with Crippen LogP contribution >= 0.6 is 0 Å². The smallest absolute Gasteiger partial charge is 0.338 e. The molecule has 0 radical (unpaired) electrons. The first-order valence-corrected chi connectivity index (χ1v) is 6.26. The summed E-state index contributed by atoms with van der Waals surface area (Å²) in [6, 6.07) is 2.12. The number of anilines is 2. The number of hydrogen-bond donors (Lipinski definition) is 4.